The number of carbonyl (C=O) groups excluding carboxylic acids is 1. The SMILES string of the molecule is Cc1cc(-c2ccc(N)cc2)n(-c2ccc(NC(N)=O)cc2)n1. The number of benzene rings is 2. The topological polar surface area (TPSA) is 99.0 Å². The lowest BCUT2D eigenvalue weighted by Crippen LogP contribution is -2.19. The van der Waals surface area contributed by atoms with Crippen molar-refractivity contribution in [3.8, 4) is 16.9 Å². The third kappa shape index (κ3) is 3.16. The highest BCUT2D eigenvalue weighted by Crippen LogP contribution is 2.25. The fourth-order valence-corrected chi connectivity index (χ4v) is 2.38. The maximum absolute atomic E-state index is 10.9. The highest BCUT2D eigenvalue weighted by Gasteiger charge is 2.10. The van der Waals surface area contributed by atoms with Crippen molar-refractivity contribution in [1.29, 1.82) is 0 Å². The fourth-order valence-electron chi connectivity index (χ4n) is 2.38. The van der Waals surface area contributed by atoms with Crippen LogP contribution in [-0.2, 0) is 0 Å². The third-order valence-corrected chi connectivity index (χ3v) is 3.42. The summed E-state index contributed by atoms with van der Waals surface area (Å²) in [5.74, 6) is 0. The number of carbonyl (C=O) groups is 1. The van der Waals surface area contributed by atoms with Gasteiger partial charge in [0.2, 0.25) is 0 Å². The van der Waals surface area contributed by atoms with Gasteiger partial charge in [-0.25, -0.2) is 9.48 Å². The van der Waals surface area contributed by atoms with E-state index < -0.39 is 6.03 Å². The molecule has 1 aromatic heterocycles. The second-order valence-electron chi connectivity index (χ2n) is 5.24. The Morgan fingerprint density at radius 3 is 2.35 bits per heavy atom. The second-order valence-corrected chi connectivity index (χ2v) is 5.24. The van der Waals surface area contributed by atoms with E-state index in [9.17, 15) is 4.79 Å². The van der Waals surface area contributed by atoms with Gasteiger partial charge in [0.25, 0.3) is 0 Å². The number of rotatable bonds is 3. The van der Waals surface area contributed by atoms with Crippen molar-refractivity contribution in [2.75, 3.05) is 11.1 Å². The van der Waals surface area contributed by atoms with Crippen LogP contribution in [0.3, 0.4) is 0 Å². The quantitative estimate of drug-likeness (QED) is 0.649. The fraction of sp³-hybridized carbons (Fsp3) is 0.0588. The van der Waals surface area contributed by atoms with Crippen LogP contribution in [0.2, 0.25) is 0 Å². The van der Waals surface area contributed by atoms with E-state index in [4.69, 9.17) is 11.5 Å². The lowest BCUT2D eigenvalue weighted by Gasteiger charge is -2.09. The Balaban J connectivity index is 2.00. The molecule has 2 aromatic carbocycles. The minimum atomic E-state index is -0.588. The normalized spacial score (nSPS) is 10.5. The highest BCUT2D eigenvalue weighted by molar-refractivity contribution is 5.87. The van der Waals surface area contributed by atoms with Crippen molar-refractivity contribution in [3.63, 3.8) is 0 Å². The molecule has 0 aliphatic heterocycles. The van der Waals surface area contributed by atoms with E-state index in [2.05, 4.69) is 10.4 Å². The van der Waals surface area contributed by atoms with Crippen LogP contribution >= 0.6 is 0 Å². The number of nitrogens with zero attached hydrogens (tertiary/aromatic N) is 2. The van der Waals surface area contributed by atoms with E-state index in [1.807, 2.05) is 54.1 Å². The lowest BCUT2D eigenvalue weighted by atomic mass is 10.1. The molecule has 0 spiro atoms. The van der Waals surface area contributed by atoms with Crippen molar-refractivity contribution in [2.24, 2.45) is 5.73 Å². The predicted octanol–water partition coefficient (Wildman–Crippen LogP) is 2.92. The molecular formula is C17H17N5O. The van der Waals surface area contributed by atoms with Crippen LogP contribution in [-0.4, -0.2) is 15.8 Å². The number of urea groups is 1. The number of anilines is 2. The Morgan fingerprint density at radius 2 is 1.74 bits per heavy atom. The molecule has 0 saturated carbocycles. The molecule has 0 fully saturated rings. The van der Waals surface area contributed by atoms with Crippen molar-refractivity contribution in [1.82, 2.24) is 9.78 Å². The number of aryl methyl sites for hydroxylation is 1. The van der Waals surface area contributed by atoms with E-state index >= 15 is 0 Å². The number of hydrogen-bond donors (Lipinski definition) is 3. The molecule has 0 atom stereocenters. The van der Waals surface area contributed by atoms with Gasteiger partial charge in [-0.2, -0.15) is 5.10 Å². The number of primary amides is 1. The van der Waals surface area contributed by atoms with Gasteiger partial charge in [-0.1, -0.05) is 12.1 Å². The van der Waals surface area contributed by atoms with Crippen LogP contribution in [0.25, 0.3) is 16.9 Å². The largest absolute Gasteiger partial charge is 0.399 e. The van der Waals surface area contributed by atoms with Crippen LogP contribution in [0, 0.1) is 6.92 Å². The van der Waals surface area contributed by atoms with E-state index in [1.54, 1.807) is 12.1 Å². The van der Waals surface area contributed by atoms with Crippen LogP contribution in [0.1, 0.15) is 5.69 Å². The summed E-state index contributed by atoms with van der Waals surface area (Å²) in [6.07, 6.45) is 0. The first-order valence-corrected chi connectivity index (χ1v) is 7.12. The molecule has 2 amide bonds. The summed E-state index contributed by atoms with van der Waals surface area (Å²) < 4.78 is 1.86. The average molecular weight is 307 g/mol. The summed E-state index contributed by atoms with van der Waals surface area (Å²) in [4.78, 5) is 10.9. The van der Waals surface area contributed by atoms with Crippen molar-refractivity contribution in [2.45, 2.75) is 6.92 Å². The van der Waals surface area contributed by atoms with E-state index in [1.165, 1.54) is 0 Å². The summed E-state index contributed by atoms with van der Waals surface area (Å²) >= 11 is 0. The van der Waals surface area contributed by atoms with Gasteiger partial charge in [-0.3, -0.25) is 0 Å². The van der Waals surface area contributed by atoms with E-state index in [-0.39, 0.29) is 0 Å². The Bertz CT molecular complexity index is 834. The van der Waals surface area contributed by atoms with E-state index in [0.717, 1.165) is 28.3 Å². The molecule has 6 heteroatoms. The lowest BCUT2D eigenvalue weighted by molar-refractivity contribution is 0.259. The number of aromatic nitrogens is 2. The summed E-state index contributed by atoms with van der Waals surface area (Å²) in [6, 6.07) is 16.4. The molecule has 0 bridgehead atoms. The number of nitrogens with two attached hydrogens (primary N) is 2. The molecule has 0 radical (unpaired) electrons. The minimum Gasteiger partial charge on any atom is -0.399 e. The number of nitrogens with one attached hydrogen (secondary N) is 1. The number of amides is 2. The first-order valence-electron chi connectivity index (χ1n) is 7.12. The second kappa shape index (κ2) is 5.84. The van der Waals surface area contributed by atoms with Gasteiger partial charge in [0.1, 0.15) is 0 Å². The molecule has 0 saturated heterocycles. The summed E-state index contributed by atoms with van der Waals surface area (Å²) in [7, 11) is 0. The summed E-state index contributed by atoms with van der Waals surface area (Å²) in [5.41, 5.74) is 16.0. The van der Waals surface area contributed by atoms with Crippen LogP contribution in [0.4, 0.5) is 16.2 Å². The van der Waals surface area contributed by atoms with Gasteiger partial charge in [0.05, 0.1) is 17.1 Å². The number of hydrogen-bond acceptors (Lipinski definition) is 3. The molecule has 0 aliphatic carbocycles. The van der Waals surface area contributed by atoms with Gasteiger partial charge in [-0.05, 0) is 49.4 Å². The molecule has 116 valence electrons. The highest BCUT2D eigenvalue weighted by atomic mass is 16.2. The smallest absolute Gasteiger partial charge is 0.316 e. The van der Waals surface area contributed by atoms with Gasteiger partial charge < -0.3 is 16.8 Å². The van der Waals surface area contributed by atoms with Crippen LogP contribution in [0.15, 0.2) is 54.6 Å². The number of nitrogen functional groups attached to an aromatic ring is 1. The first-order chi connectivity index (χ1) is 11.0. The molecular weight excluding hydrogens is 290 g/mol. The molecule has 0 unspecified atom stereocenters. The maximum Gasteiger partial charge on any atom is 0.316 e. The molecule has 1 heterocycles. The standard InChI is InChI=1S/C17H17N5O/c1-11-10-16(12-2-4-13(18)5-3-12)22(21-11)15-8-6-14(7-9-15)20-17(19)23/h2-10H,18H2,1H3,(H3,19,20,23). The Labute approximate surface area is 133 Å². The summed E-state index contributed by atoms with van der Waals surface area (Å²) in [6.45, 7) is 1.94. The van der Waals surface area contributed by atoms with Gasteiger partial charge in [0, 0.05) is 16.9 Å². The Kier molecular flexibility index (Phi) is 3.72. The van der Waals surface area contributed by atoms with Gasteiger partial charge in [0.15, 0.2) is 0 Å². The van der Waals surface area contributed by atoms with Crippen molar-refractivity contribution in [3.05, 3.63) is 60.3 Å². The maximum atomic E-state index is 10.9. The molecule has 3 aromatic rings. The van der Waals surface area contributed by atoms with E-state index in [0.29, 0.717) is 5.69 Å². The molecule has 0 aliphatic rings. The summed E-state index contributed by atoms with van der Waals surface area (Å²) in [5, 5.41) is 7.08. The third-order valence-electron chi connectivity index (χ3n) is 3.42. The molecule has 23 heavy (non-hydrogen) atoms. The zero-order chi connectivity index (χ0) is 16.4. The zero-order valence-corrected chi connectivity index (χ0v) is 12.7. The predicted molar refractivity (Wildman–Crippen MR) is 91.4 cm³/mol. The average Bonchev–Trinajstić information content (AvgIpc) is 2.90. The van der Waals surface area contributed by atoms with Gasteiger partial charge >= 0.3 is 6.03 Å². The van der Waals surface area contributed by atoms with Crippen LogP contribution in [0.5, 0.6) is 0 Å². The molecule has 5 N–H and O–H groups in total. The molecule has 6 nitrogen and oxygen atoms in total. The zero-order valence-electron chi connectivity index (χ0n) is 12.7. The monoisotopic (exact) mass is 307 g/mol. The van der Waals surface area contributed by atoms with Crippen molar-refractivity contribution < 1.29 is 4.79 Å². The van der Waals surface area contributed by atoms with Gasteiger partial charge in [-0.15, -0.1) is 0 Å². The van der Waals surface area contributed by atoms with Crippen LogP contribution < -0.4 is 16.8 Å². The minimum absolute atomic E-state index is 0.588. The molecule has 3 rings (SSSR count). The first kappa shape index (κ1) is 14.6. The Morgan fingerprint density at radius 1 is 1.09 bits per heavy atom. The van der Waals surface area contributed by atoms with Crippen molar-refractivity contribution >= 4 is 17.4 Å². The Hall–Kier alpha value is -3.28.